The van der Waals surface area contributed by atoms with E-state index in [-0.39, 0.29) is 11.7 Å². The van der Waals surface area contributed by atoms with E-state index in [1.165, 1.54) is 36.3 Å². The van der Waals surface area contributed by atoms with E-state index in [2.05, 4.69) is 25.6 Å². The van der Waals surface area contributed by atoms with Crippen LogP contribution in [0.15, 0.2) is 59.9 Å². The highest BCUT2D eigenvalue weighted by Crippen LogP contribution is 2.24. The molecule has 0 unspecified atom stereocenters. The monoisotopic (exact) mass is 394 g/mol. The first-order valence-electron chi connectivity index (χ1n) is 8.42. The van der Waals surface area contributed by atoms with Crippen molar-refractivity contribution in [1.82, 2.24) is 25.0 Å². The van der Waals surface area contributed by atoms with Crippen LogP contribution in [0.3, 0.4) is 0 Å². The summed E-state index contributed by atoms with van der Waals surface area (Å²) >= 11 is 1.22. The Morgan fingerprint density at radius 2 is 2.00 bits per heavy atom. The highest BCUT2D eigenvalue weighted by molar-refractivity contribution is 8.00. The van der Waals surface area contributed by atoms with Crippen molar-refractivity contribution in [3.63, 3.8) is 0 Å². The van der Waals surface area contributed by atoms with Crippen molar-refractivity contribution in [2.24, 2.45) is 0 Å². The topological polar surface area (TPSA) is 85.6 Å². The lowest BCUT2D eigenvalue weighted by Crippen LogP contribution is -2.14. The third kappa shape index (κ3) is 3.84. The van der Waals surface area contributed by atoms with Crippen molar-refractivity contribution in [3.05, 3.63) is 66.2 Å². The van der Waals surface area contributed by atoms with Crippen LogP contribution >= 0.6 is 11.8 Å². The number of amides is 1. The molecule has 0 saturated heterocycles. The number of benzene rings is 2. The Kier molecular flexibility index (Phi) is 4.98. The van der Waals surface area contributed by atoms with Gasteiger partial charge >= 0.3 is 0 Å². The fourth-order valence-corrected chi connectivity index (χ4v) is 3.32. The average Bonchev–Trinajstić information content (AvgIpc) is 3.12. The van der Waals surface area contributed by atoms with Crippen LogP contribution in [-0.4, -0.2) is 36.6 Å². The zero-order valence-corrected chi connectivity index (χ0v) is 15.7. The summed E-state index contributed by atoms with van der Waals surface area (Å²) in [5, 5.41) is 11.6. The molecule has 0 aliphatic heterocycles. The van der Waals surface area contributed by atoms with Gasteiger partial charge in [0.15, 0.2) is 11.2 Å². The summed E-state index contributed by atoms with van der Waals surface area (Å²) in [5.74, 6) is -0.580. The standard InChI is InChI=1S/C19H15FN6OS/c1-12-5-7-15(8-6-12)26-18-17(24-25-26)19(22-11-21-18)28-10-16(27)23-14-4-2-3-13(20)9-14/h2-9,11H,10H2,1H3,(H,23,27). The van der Waals surface area contributed by atoms with Crippen LogP contribution in [0.25, 0.3) is 16.9 Å². The number of hydrogen-bond donors (Lipinski definition) is 1. The summed E-state index contributed by atoms with van der Waals surface area (Å²) in [6.07, 6.45) is 1.42. The molecule has 28 heavy (non-hydrogen) atoms. The van der Waals surface area contributed by atoms with E-state index in [4.69, 9.17) is 0 Å². The summed E-state index contributed by atoms with van der Waals surface area (Å²) in [6, 6.07) is 13.6. The second-order valence-electron chi connectivity index (χ2n) is 6.04. The van der Waals surface area contributed by atoms with Gasteiger partial charge in [-0.15, -0.1) is 5.10 Å². The van der Waals surface area contributed by atoms with Crippen LogP contribution in [0.4, 0.5) is 10.1 Å². The van der Waals surface area contributed by atoms with E-state index < -0.39 is 5.82 Å². The second-order valence-corrected chi connectivity index (χ2v) is 7.00. The van der Waals surface area contributed by atoms with Crippen molar-refractivity contribution < 1.29 is 9.18 Å². The van der Waals surface area contributed by atoms with Gasteiger partial charge in [-0.05, 0) is 37.3 Å². The van der Waals surface area contributed by atoms with Crippen LogP contribution in [0.1, 0.15) is 5.56 Å². The molecule has 0 saturated carbocycles. The summed E-state index contributed by atoms with van der Waals surface area (Å²) in [7, 11) is 0. The Balaban J connectivity index is 1.51. The summed E-state index contributed by atoms with van der Waals surface area (Å²) in [4.78, 5) is 20.6. The van der Waals surface area contributed by atoms with Gasteiger partial charge in [0.1, 0.15) is 17.2 Å². The molecule has 0 aliphatic rings. The molecule has 0 atom stereocenters. The minimum absolute atomic E-state index is 0.0972. The quantitative estimate of drug-likeness (QED) is 0.413. The molecule has 1 N–H and O–H groups in total. The van der Waals surface area contributed by atoms with E-state index in [0.717, 1.165) is 11.3 Å². The minimum atomic E-state index is -0.407. The number of anilines is 1. The van der Waals surface area contributed by atoms with Gasteiger partial charge in [0.05, 0.1) is 11.4 Å². The van der Waals surface area contributed by atoms with Crippen LogP contribution < -0.4 is 5.32 Å². The second kappa shape index (κ2) is 7.73. The molecule has 2 aromatic heterocycles. The van der Waals surface area contributed by atoms with Gasteiger partial charge in [0.2, 0.25) is 5.91 Å². The van der Waals surface area contributed by atoms with Gasteiger partial charge in [-0.25, -0.2) is 14.4 Å². The Labute approximate surface area is 164 Å². The smallest absolute Gasteiger partial charge is 0.234 e. The lowest BCUT2D eigenvalue weighted by molar-refractivity contribution is -0.113. The van der Waals surface area contributed by atoms with Crippen LogP contribution in [0.5, 0.6) is 0 Å². The number of aromatic nitrogens is 5. The van der Waals surface area contributed by atoms with Gasteiger partial charge in [0.25, 0.3) is 0 Å². The van der Waals surface area contributed by atoms with Crippen molar-refractivity contribution in [2.75, 3.05) is 11.1 Å². The van der Waals surface area contributed by atoms with Gasteiger partial charge in [-0.3, -0.25) is 4.79 Å². The maximum absolute atomic E-state index is 13.2. The molecule has 0 aliphatic carbocycles. The molecule has 9 heteroatoms. The molecular weight excluding hydrogens is 379 g/mol. The predicted octanol–water partition coefficient (Wildman–Crippen LogP) is 3.39. The highest BCUT2D eigenvalue weighted by Gasteiger charge is 2.14. The van der Waals surface area contributed by atoms with Crippen molar-refractivity contribution in [1.29, 1.82) is 0 Å². The van der Waals surface area contributed by atoms with Crippen LogP contribution in [0.2, 0.25) is 0 Å². The number of nitrogens with zero attached hydrogens (tertiary/aromatic N) is 5. The Morgan fingerprint density at radius 3 is 2.79 bits per heavy atom. The maximum Gasteiger partial charge on any atom is 0.234 e. The first kappa shape index (κ1) is 18.1. The van der Waals surface area contributed by atoms with Gasteiger partial charge in [-0.2, -0.15) is 4.68 Å². The Bertz CT molecular complexity index is 1140. The largest absolute Gasteiger partial charge is 0.325 e. The normalized spacial score (nSPS) is 10.9. The summed E-state index contributed by atoms with van der Waals surface area (Å²) in [5.41, 5.74) is 3.47. The van der Waals surface area contributed by atoms with E-state index >= 15 is 0 Å². The highest BCUT2D eigenvalue weighted by atomic mass is 32.2. The Hall–Kier alpha value is -3.33. The zero-order chi connectivity index (χ0) is 19.5. The lowest BCUT2D eigenvalue weighted by atomic mass is 10.2. The third-order valence-corrected chi connectivity index (χ3v) is 4.91. The van der Waals surface area contributed by atoms with Crippen molar-refractivity contribution in [3.8, 4) is 5.69 Å². The summed E-state index contributed by atoms with van der Waals surface area (Å²) < 4.78 is 14.8. The lowest BCUT2D eigenvalue weighted by Gasteiger charge is -2.05. The van der Waals surface area contributed by atoms with Crippen LogP contribution in [-0.2, 0) is 4.79 Å². The number of carbonyl (C=O) groups is 1. The number of rotatable bonds is 5. The number of thioether (sulfide) groups is 1. The molecule has 0 radical (unpaired) electrons. The maximum atomic E-state index is 13.2. The number of aryl methyl sites for hydroxylation is 1. The third-order valence-electron chi connectivity index (χ3n) is 3.93. The number of carbonyl (C=O) groups excluding carboxylic acids is 1. The average molecular weight is 394 g/mol. The molecule has 4 aromatic rings. The van der Waals surface area contributed by atoms with Gasteiger partial charge < -0.3 is 5.32 Å². The number of nitrogens with one attached hydrogen (secondary N) is 1. The fourth-order valence-electron chi connectivity index (χ4n) is 2.59. The molecular formula is C19H15FN6OS. The van der Waals surface area contributed by atoms with E-state index in [1.807, 2.05) is 31.2 Å². The fraction of sp³-hybridized carbons (Fsp3) is 0.105. The number of halogens is 1. The molecule has 1 amide bonds. The molecule has 2 heterocycles. The van der Waals surface area contributed by atoms with E-state index in [0.29, 0.717) is 21.9 Å². The zero-order valence-electron chi connectivity index (χ0n) is 14.8. The molecule has 0 bridgehead atoms. The van der Waals surface area contributed by atoms with Crippen LogP contribution in [0, 0.1) is 12.7 Å². The van der Waals surface area contributed by atoms with E-state index in [1.54, 1.807) is 10.7 Å². The SMILES string of the molecule is Cc1ccc(-n2nnc3c(SCC(=O)Nc4cccc(F)c4)ncnc32)cc1. The molecule has 2 aromatic carbocycles. The first-order chi connectivity index (χ1) is 13.6. The first-order valence-corrected chi connectivity index (χ1v) is 9.40. The minimum Gasteiger partial charge on any atom is -0.325 e. The van der Waals surface area contributed by atoms with Gasteiger partial charge in [-0.1, -0.05) is 40.7 Å². The van der Waals surface area contributed by atoms with Crippen molar-refractivity contribution >= 4 is 34.5 Å². The molecule has 140 valence electrons. The molecule has 0 fully saturated rings. The number of hydrogen-bond acceptors (Lipinski definition) is 6. The summed E-state index contributed by atoms with van der Waals surface area (Å²) in [6.45, 7) is 2.01. The Morgan fingerprint density at radius 1 is 1.18 bits per heavy atom. The number of fused-ring (bicyclic) bond motifs is 1. The van der Waals surface area contributed by atoms with E-state index in [9.17, 15) is 9.18 Å². The molecule has 4 rings (SSSR count). The predicted molar refractivity (Wildman–Crippen MR) is 105 cm³/mol. The van der Waals surface area contributed by atoms with Crippen molar-refractivity contribution in [2.45, 2.75) is 11.9 Å². The van der Waals surface area contributed by atoms with Gasteiger partial charge in [0, 0.05) is 5.69 Å². The molecule has 7 nitrogen and oxygen atoms in total. The molecule has 0 spiro atoms.